The van der Waals surface area contributed by atoms with Crippen LogP contribution in [-0.2, 0) is 0 Å². The zero-order valence-corrected chi connectivity index (χ0v) is 16.6. The summed E-state index contributed by atoms with van der Waals surface area (Å²) in [6.45, 7) is 6.09. The number of ether oxygens (including phenoxy) is 2. The van der Waals surface area contributed by atoms with E-state index in [1.807, 2.05) is 39.0 Å². The van der Waals surface area contributed by atoms with E-state index in [-0.39, 0.29) is 0 Å². The molecule has 1 aromatic heterocycles. The lowest BCUT2D eigenvalue weighted by atomic mass is 10.2. The van der Waals surface area contributed by atoms with Crippen LogP contribution in [0.15, 0.2) is 41.5 Å². The Balaban J connectivity index is 1.88. The van der Waals surface area contributed by atoms with E-state index in [2.05, 4.69) is 15.3 Å². The topological polar surface area (TPSA) is 61.5 Å². The monoisotopic (exact) mass is 404 g/mol. The summed E-state index contributed by atoms with van der Waals surface area (Å²) >= 11 is 12.1. The first-order chi connectivity index (χ1) is 13.0. The van der Waals surface area contributed by atoms with E-state index in [0.717, 1.165) is 5.56 Å². The van der Waals surface area contributed by atoms with Crippen molar-refractivity contribution in [2.45, 2.75) is 20.8 Å². The maximum absolute atomic E-state index is 6.19. The van der Waals surface area contributed by atoms with Crippen molar-refractivity contribution < 1.29 is 9.47 Å². The Labute approximate surface area is 167 Å². The third kappa shape index (κ3) is 4.59. The van der Waals surface area contributed by atoms with Crippen molar-refractivity contribution in [3.63, 3.8) is 0 Å². The summed E-state index contributed by atoms with van der Waals surface area (Å²) in [5.41, 5.74) is 0.848. The molecule has 3 aromatic rings. The minimum Gasteiger partial charge on any atom is -0.490 e. The summed E-state index contributed by atoms with van der Waals surface area (Å²) in [5.74, 6) is 3.07. The van der Waals surface area contributed by atoms with Gasteiger partial charge < -0.3 is 9.47 Å². The second-order valence-electron chi connectivity index (χ2n) is 5.67. The fourth-order valence-electron chi connectivity index (χ4n) is 2.39. The number of aromatic nitrogens is 3. The lowest BCUT2D eigenvalue weighted by Gasteiger charge is -2.13. The van der Waals surface area contributed by atoms with Crippen LogP contribution in [0.5, 0.6) is 17.2 Å². The van der Waals surface area contributed by atoms with E-state index in [1.165, 1.54) is 0 Å². The van der Waals surface area contributed by atoms with Crippen molar-refractivity contribution in [2.75, 3.05) is 6.61 Å². The van der Waals surface area contributed by atoms with Crippen molar-refractivity contribution in [2.24, 2.45) is 5.10 Å². The molecule has 0 unspecified atom stereocenters. The Hall–Kier alpha value is -2.57. The van der Waals surface area contributed by atoms with Crippen molar-refractivity contribution >= 4 is 29.4 Å². The largest absolute Gasteiger partial charge is 0.490 e. The summed E-state index contributed by atoms with van der Waals surface area (Å²) in [4.78, 5) is 0. The molecule has 140 valence electrons. The summed E-state index contributed by atoms with van der Waals surface area (Å²) in [6, 6.07) is 10.6. The lowest BCUT2D eigenvalue weighted by molar-refractivity contribution is 0.321. The van der Waals surface area contributed by atoms with E-state index < -0.39 is 0 Å². The Morgan fingerprint density at radius 1 is 1.00 bits per heavy atom. The van der Waals surface area contributed by atoms with Crippen molar-refractivity contribution in [1.29, 1.82) is 0 Å². The van der Waals surface area contributed by atoms with Gasteiger partial charge >= 0.3 is 0 Å². The molecule has 3 rings (SSSR count). The van der Waals surface area contributed by atoms with Crippen LogP contribution in [0, 0.1) is 13.8 Å². The second kappa shape index (κ2) is 8.41. The molecule has 0 amide bonds. The lowest BCUT2D eigenvalue weighted by Crippen LogP contribution is -1.98. The first-order valence-corrected chi connectivity index (χ1v) is 9.06. The van der Waals surface area contributed by atoms with Gasteiger partial charge in [-0.15, -0.1) is 10.2 Å². The zero-order chi connectivity index (χ0) is 19.4. The normalized spacial score (nSPS) is 11.1. The number of aryl methyl sites for hydroxylation is 2. The molecule has 0 saturated carbocycles. The van der Waals surface area contributed by atoms with Gasteiger partial charge in [0.25, 0.3) is 0 Å². The highest BCUT2D eigenvalue weighted by molar-refractivity contribution is 6.35. The van der Waals surface area contributed by atoms with Crippen LogP contribution < -0.4 is 9.47 Å². The average Bonchev–Trinajstić information content (AvgIpc) is 2.95. The summed E-state index contributed by atoms with van der Waals surface area (Å²) < 4.78 is 13.3. The molecule has 1 heterocycles. The molecule has 0 aliphatic carbocycles. The molecule has 0 atom stereocenters. The van der Waals surface area contributed by atoms with E-state index in [1.54, 1.807) is 29.1 Å². The molecule has 0 fully saturated rings. The standard InChI is InChI=1S/C19H18Cl2N4O2/c1-4-26-19-9-14(11-22-25-12(2)23-24-13(25)3)5-7-18(19)27-17-8-6-15(20)10-16(17)21/h5-11H,4H2,1-3H3. The third-order valence-electron chi connectivity index (χ3n) is 3.66. The molecule has 0 N–H and O–H groups in total. The minimum absolute atomic E-state index is 0.425. The quantitative estimate of drug-likeness (QED) is 0.524. The summed E-state index contributed by atoms with van der Waals surface area (Å²) in [7, 11) is 0. The van der Waals surface area contributed by atoms with Crippen LogP contribution in [0.4, 0.5) is 0 Å². The predicted octanol–water partition coefficient (Wildman–Crippen LogP) is 5.27. The Morgan fingerprint density at radius 3 is 2.37 bits per heavy atom. The number of benzene rings is 2. The SMILES string of the molecule is CCOc1cc(C=Nn2c(C)nnc2C)ccc1Oc1ccc(Cl)cc1Cl. The number of nitrogens with zero attached hydrogens (tertiary/aromatic N) is 4. The van der Waals surface area contributed by atoms with E-state index in [0.29, 0.717) is 45.5 Å². The van der Waals surface area contributed by atoms with Gasteiger partial charge in [0, 0.05) is 5.02 Å². The molecular formula is C19H18Cl2N4O2. The Bertz CT molecular complexity index is 966. The fraction of sp³-hybridized carbons (Fsp3) is 0.211. The third-order valence-corrected chi connectivity index (χ3v) is 4.19. The molecule has 27 heavy (non-hydrogen) atoms. The number of hydrogen-bond donors (Lipinski definition) is 0. The van der Waals surface area contributed by atoms with Gasteiger partial charge in [0.05, 0.1) is 17.8 Å². The summed E-state index contributed by atoms with van der Waals surface area (Å²) in [5, 5.41) is 13.3. The molecule has 8 heteroatoms. The van der Waals surface area contributed by atoms with E-state index >= 15 is 0 Å². The van der Waals surface area contributed by atoms with Gasteiger partial charge in [0.1, 0.15) is 5.75 Å². The molecule has 0 radical (unpaired) electrons. The Kier molecular flexibility index (Phi) is 5.98. The van der Waals surface area contributed by atoms with Crippen molar-refractivity contribution in [3.8, 4) is 17.2 Å². The summed E-state index contributed by atoms with van der Waals surface area (Å²) in [6.07, 6.45) is 1.71. The molecule has 0 spiro atoms. The smallest absolute Gasteiger partial charge is 0.169 e. The molecule has 0 aliphatic heterocycles. The first kappa shape index (κ1) is 19.2. The Morgan fingerprint density at radius 2 is 1.70 bits per heavy atom. The van der Waals surface area contributed by atoms with E-state index in [4.69, 9.17) is 32.7 Å². The van der Waals surface area contributed by atoms with Crippen LogP contribution in [0.3, 0.4) is 0 Å². The zero-order valence-electron chi connectivity index (χ0n) is 15.1. The maximum Gasteiger partial charge on any atom is 0.169 e. The number of rotatable bonds is 6. The molecule has 0 aliphatic rings. The van der Waals surface area contributed by atoms with Crippen LogP contribution in [0.1, 0.15) is 24.1 Å². The van der Waals surface area contributed by atoms with Crippen molar-refractivity contribution in [3.05, 3.63) is 63.7 Å². The van der Waals surface area contributed by atoms with E-state index in [9.17, 15) is 0 Å². The van der Waals surface area contributed by atoms with Gasteiger partial charge in [-0.3, -0.25) is 0 Å². The van der Waals surface area contributed by atoms with Gasteiger partial charge in [0.2, 0.25) is 0 Å². The van der Waals surface area contributed by atoms with Gasteiger partial charge in [0.15, 0.2) is 23.1 Å². The highest BCUT2D eigenvalue weighted by Crippen LogP contribution is 2.36. The van der Waals surface area contributed by atoms with Crippen molar-refractivity contribution in [1.82, 2.24) is 14.9 Å². The molecule has 0 bridgehead atoms. The highest BCUT2D eigenvalue weighted by Gasteiger charge is 2.10. The van der Waals surface area contributed by atoms with Gasteiger partial charge in [-0.25, -0.2) is 4.68 Å². The molecule has 2 aromatic carbocycles. The second-order valence-corrected chi connectivity index (χ2v) is 6.51. The average molecular weight is 405 g/mol. The highest BCUT2D eigenvalue weighted by atomic mass is 35.5. The van der Waals surface area contributed by atoms with Crippen LogP contribution >= 0.6 is 23.2 Å². The minimum atomic E-state index is 0.425. The molecule has 6 nitrogen and oxygen atoms in total. The first-order valence-electron chi connectivity index (χ1n) is 8.30. The van der Waals surface area contributed by atoms with Crippen LogP contribution in [0.2, 0.25) is 10.0 Å². The van der Waals surface area contributed by atoms with Crippen LogP contribution in [-0.4, -0.2) is 27.7 Å². The van der Waals surface area contributed by atoms with Gasteiger partial charge in [-0.05, 0) is 62.7 Å². The van der Waals surface area contributed by atoms with Gasteiger partial charge in [-0.1, -0.05) is 23.2 Å². The molecule has 0 saturated heterocycles. The number of halogens is 2. The maximum atomic E-state index is 6.19. The fourth-order valence-corrected chi connectivity index (χ4v) is 2.84. The number of hydrogen-bond acceptors (Lipinski definition) is 5. The predicted molar refractivity (Wildman–Crippen MR) is 107 cm³/mol. The van der Waals surface area contributed by atoms with Crippen LogP contribution in [0.25, 0.3) is 0 Å². The molecular weight excluding hydrogens is 387 g/mol. The van der Waals surface area contributed by atoms with Gasteiger partial charge in [-0.2, -0.15) is 5.10 Å².